The van der Waals surface area contributed by atoms with E-state index >= 15 is 0 Å². The van der Waals surface area contributed by atoms with Crippen LogP contribution >= 0.6 is 0 Å². The van der Waals surface area contributed by atoms with Crippen LogP contribution in [0.4, 0.5) is 8.78 Å². The standard InChI is InChI=1S/C12H13F2NO4S/c13-8-4-5-9(14)11(7-8)20(18,19)15-6-2-1-3-10(15)12(16)17/h4-5,7,10H,1-3,6H2,(H,16,17)/t10-/m0/s1. The average molecular weight is 305 g/mol. The Labute approximate surface area is 114 Å². The van der Waals surface area contributed by atoms with Crippen molar-refractivity contribution in [3.05, 3.63) is 29.8 Å². The van der Waals surface area contributed by atoms with Gasteiger partial charge in [-0.25, -0.2) is 17.2 Å². The minimum absolute atomic E-state index is 0.0186. The lowest BCUT2D eigenvalue weighted by Crippen LogP contribution is -2.48. The van der Waals surface area contributed by atoms with Crippen LogP contribution in [0.2, 0.25) is 0 Å². The molecule has 0 aromatic heterocycles. The number of nitrogens with zero attached hydrogens (tertiary/aromatic N) is 1. The summed E-state index contributed by atoms with van der Waals surface area (Å²) in [5.74, 6) is -3.28. The molecule has 0 bridgehead atoms. The minimum Gasteiger partial charge on any atom is -0.480 e. The Kier molecular flexibility index (Phi) is 4.05. The average Bonchev–Trinajstić information content (AvgIpc) is 2.41. The van der Waals surface area contributed by atoms with Gasteiger partial charge in [0, 0.05) is 6.54 Å². The van der Waals surface area contributed by atoms with Crippen molar-refractivity contribution in [2.24, 2.45) is 0 Å². The highest BCUT2D eigenvalue weighted by molar-refractivity contribution is 7.89. The maximum absolute atomic E-state index is 13.6. The Morgan fingerprint density at radius 1 is 1.30 bits per heavy atom. The van der Waals surface area contributed by atoms with Crippen LogP contribution in [0.3, 0.4) is 0 Å². The number of carboxylic acids is 1. The first-order chi connectivity index (χ1) is 9.34. The zero-order valence-corrected chi connectivity index (χ0v) is 11.2. The summed E-state index contributed by atoms with van der Waals surface area (Å²) in [7, 11) is -4.37. The molecule has 1 saturated heterocycles. The van der Waals surface area contributed by atoms with E-state index in [4.69, 9.17) is 5.11 Å². The molecule has 110 valence electrons. The molecular formula is C12H13F2NO4S. The minimum atomic E-state index is -4.37. The Bertz CT molecular complexity index is 632. The largest absolute Gasteiger partial charge is 0.480 e. The summed E-state index contributed by atoms with van der Waals surface area (Å²) in [5.41, 5.74) is 0. The molecule has 2 rings (SSSR count). The van der Waals surface area contributed by atoms with Crippen LogP contribution in [0.5, 0.6) is 0 Å². The lowest BCUT2D eigenvalue weighted by Gasteiger charge is -2.31. The third kappa shape index (κ3) is 2.66. The molecule has 0 spiro atoms. The number of piperidine rings is 1. The van der Waals surface area contributed by atoms with Gasteiger partial charge in [0.2, 0.25) is 10.0 Å². The topological polar surface area (TPSA) is 74.7 Å². The highest BCUT2D eigenvalue weighted by Gasteiger charge is 2.38. The molecule has 1 aromatic rings. The summed E-state index contributed by atoms with van der Waals surface area (Å²) in [6.07, 6.45) is 1.22. The number of hydrogen-bond acceptors (Lipinski definition) is 3. The fraction of sp³-hybridized carbons (Fsp3) is 0.417. The quantitative estimate of drug-likeness (QED) is 0.920. The van der Waals surface area contributed by atoms with Crippen LogP contribution in [-0.2, 0) is 14.8 Å². The summed E-state index contributed by atoms with van der Waals surface area (Å²) in [6, 6.07) is 0.843. The second kappa shape index (κ2) is 5.45. The van der Waals surface area contributed by atoms with Gasteiger partial charge >= 0.3 is 5.97 Å². The first-order valence-corrected chi connectivity index (χ1v) is 7.48. The summed E-state index contributed by atoms with van der Waals surface area (Å²) in [6.45, 7) is -0.0186. The highest BCUT2D eigenvalue weighted by atomic mass is 32.2. The third-order valence-corrected chi connectivity index (χ3v) is 5.14. The predicted molar refractivity (Wildman–Crippen MR) is 65.5 cm³/mol. The SMILES string of the molecule is O=C(O)[C@@H]1CCCCN1S(=O)(=O)c1cc(F)ccc1F. The van der Waals surface area contributed by atoms with E-state index in [9.17, 15) is 22.0 Å². The van der Waals surface area contributed by atoms with Gasteiger partial charge in [-0.3, -0.25) is 4.79 Å². The lowest BCUT2D eigenvalue weighted by molar-refractivity contribution is -0.142. The van der Waals surface area contributed by atoms with Gasteiger partial charge in [-0.15, -0.1) is 0 Å². The van der Waals surface area contributed by atoms with E-state index in [0.29, 0.717) is 25.0 Å². The van der Waals surface area contributed by atoms with Crippen molar-refractivity contribution < 1.29 is 27.1 Å². The van der Waals surface area contributed by atoms with Gasteiger partial charge in [-0.05, 0) is 37.5 Å². The van der Waals surface area contributed by atoms with Crippen LogP contribution in [0.15, 0.2) is 23.1 Å². The molecule has 0 aliphatic carbocycles. The molecular weight excluding hydrogens is 292 g/mol. The van der Waals surface area contributed by atoms with E-state index in [1.54, 1.807) is 0 Å². The van der Waals surface area contributed by atoms with Gasteiger partial charge in [-0.1, -0.05) is 0 Å². The number of carboxylic acid groups (broad SMARTS) is 1. The monoisotopic (exact) mass is 305 g/mol. The number of benzene rings is 1. The van der Waals surface area contributed by atoms with E-state index in [-0.39, 0.29) is 13.0 Å². The summed E-state index contributed by atoms with van der Waals surface area (Å²) in [4.78, 5) is 10.3. The second-order valence-corrected chi connectivity index (χ2v) is 6.40. The van der Waals surface area contributed by atoms with Gasteiger partial charge in [0.25, 0.3) is 0 Å². The molecule has 1 aliphatic rings. The second-order valence-electron chi connectivity index (χ2n) is 4.54. The number of sulfonamides is 1. The maximum Gasteiger partial charge on any atom is 0.322 e. The normalized spacial score (nSPS) is 20.8. The Hall–Kier alpha value is -1.54. The molecule has 20 heavy (non-hydrogen) atoms. The van der Waals surface area contributed by atoms with Crippen molar-refractivity contribution in [3.63, 3.8) is 0 Å². The zero-order chi connectivity index (χ0) is 14.9. The van der Waals surface area contributed by atoms with E-state index in [0.717, 1.165) is 10.4 Å². The lowest BCUT2D eigenvalue weighted by atomic mass is 10.1. The van der Waals surface area contributed by atoms with Gasteiger partial charge in [0.05, 0.1) is 0 Å². The molecule has 8 heteroatoms. The summed E-state index contributed by atoms with van der Waals surface area (Å²) < 4.78 is 52.2. The molecule has 1 atom stereocenters. The number of carbonyl (C=O) groups is 1. The van der Waals surface area contributed by atoms with Crippen molar-refractivity contribution in [1.82, 2.24) is 4.31 Å². The molecule has 1 aliphatic heterocycles. The fourth-order valence-corrected chi connectivity index (χ4v) is 3.97. The smallest absolute Gasteiger partial charge is 0.322 e. The number of rotatable bonds is 3. The Balaban J connectivity index is 2.47. The van der Waals surface area contributed by atoms with Crippen molar-refractivity contribution in [1.29, 1.82) is 0 Å². The van der Waals surface area contributed by atoms with Gasteiger partial charge < -0.3 is 5.11 Å². The van der Waals surface area contributed by atoms with Crippen LogP contribution in [-0.4, -0.2) is 36.4 Å². The molecule has 1 heterocycles. The maximum atomic E-state index is 13.6. The number of hydrogen-bond donors (Lipinski definition) is 1. The van der Waals surface area contributed by atoms with Gasteiger partial charge in [0.15, 0.2) is 0 Å². The molecule has 1 N–H and O–H groups in total. The molecule has 5 nitrogen and oxygen atoms in total. The van der Waals surface area contributed by atoms with E-state index in [2.05, 4.69) is 0 Å². The van der Waals surface area contributed by atoms with Crippen LogP contribution in [0.25, 0.3) is 0 Å². The van der Waals surface area contributed by atoms with Gasteiger partial charge in [0.1, 0.15) is 22.6 Å². The van der Waals surface area contributed by atoms with E-state index < -0.39 is 38.6 Å². The molecule has 0 saturated carbocycles. The van der Waals surface area contributed by atoms with Crippen molar-refractivity contribution in [2.75, 3.05) is 6.54 Å². The molecule has 1 aromatic carbocycles. The zero-order valence-electron chi connectivity index (χ0n) is 10.4. The van der Waals surface area contributed by atoms with Crippen LogP contribution in [0, 0.1) is 11.6 Å². The Morgan fingerprint density at radius 2 is 2.00 bits per heavy atom. The summed E-state index contributed by atoms with van der Waals surface area (Å²) >= 11 is 0. The van der Waals surface area contributed by atoms with Crippen molar-refractivity contribution >= 4 is 16.0 Å². The van der Waals surface area contributed by atoms with Crippen LogP contribution < -0.4 is 0 Å². The predicted octanol–water partition coefficient (Wildman–Crippen LogP) is 1.59. The number of aliphatic carboxylic acids is 1. The molecule has 0 unspecified atom stereocenters. The number of halogens is 2. The fourth-order valence-electron chi connectivity index (χ4n) is 2.24. The Morgan fingerprint density at radius 3 is 2.65 bits per heavy atom. The van der Waals surface area contributed by atoms with Crippen molar-refractivity contribution in [2.45, 2.75) is 30.2 Å². The first kappa shape index (κ1) is 14.9. The summed E-state index contributed by atoms with van der Waals surface area (Å²) in [5, 5.41) is 9.07. The molecule has 0 radical (unpaired) electrons. The molecule has 0 amide bonds. The molecule has 1 fully saturated rings. The van der Waals surface area contributed by atoms with Crippen molar-refractivity contribution in [3.8, 4) is 0 Å². The van der Waals surface area contributed by atoms with E-state index in [1.165, 1.54) is 0 Å². The van der Waals surface area contributed by atoms with Gasteiger partial charge in [-0.2, -0.15) is 4.31 Å². The third-order valence-electron chi connectivity index (χ3n) is 3.22. The highest BCUT2D eigenvalue weighted by Crippen LogP contribution is 2.27. The van der Waals surface area contributed by atoms with Crippen LogP contribution in [0.1, 0.15) is 19.3 Å². The van der Waals surface area contributed by atoms with E-state index in [1.807, 2.05) is 0 Å². The first-order valence-electron chi connectivity index (χ1n) is 6.04.